The summed E-state index contributed by atoms with van der Waals surface area (Å²) in [5.41, 5.74) is 0.923. The van der Waals surface area contributed by atoms with Gasteiger partial charge in [0.2, 0.25) is 0 Å². The third-order valence-corrected chi connectivity index (χ3v) is 4.16. The number of hydrogen-bond donors (Lipinski definition) is 1. The number of halogens is 2. The molecule has 0 atom stereocenters. The lowest BCUT2D eigenvalue weighted by atomic mass is 10.1. The smallest absolute Gasteiger partial charge is 0.345 e. The quantitative estimate of drug-likeness (QED) is 0.866. The average Bonchev–Trinajstić information content (AvgIpc) is 2.77. The Hall–Kier alpha value is -1.59. The van der Waals surface area contributed by atoms with Crippen molar-refractivity contribution in [3.63, 3.8) is 0 Å². The molecule has 2 heterocycles. The van der Waals surface area contributed by atoms with Crippen LogP contribution in [0.4, 0.5) is 4.39 Å². The van der Waals surface area contributed by atoms with E-state index < -0.39 is 11.8 Å². The molecule has 0 aliphatic carbocycles. The fourth-order valence-electron chi connectivity index (χ4n) is 1.89. The molecule has 1 aromatic carbocycles. The highest BCUT2D eigenvalue weighted by molar-refractivity contribution is 7.17. The maximum absolute atomic E-state index is 13.9. The van der Waals surface area contributed by atoms with Gasteiger partial charge in [0.05, 0.1) is 10.6 Å². The van der Waals surface area contributed by atoms with Crippen LogP contribution >= 0.6 is 22.9 Å². The Kier molecular flexibility index (Phi) is 2.53. The van der Waals surface area contributed by atoms with Crippen LogP contribution in [-0.2, 0) is 6.61 Å². The van der Waals surface area contributed by atoms with E-state index in [4.69, 9.17) is 21.4 Å². The number of benzene rings is 1. The highest BCUT2D eigenvalue weighted by Crippen LogP contribution is 2.46. The van der Waals surface area contributed by atoms with Gasteiger partial charge in [0.1, 0.15) is 23.1 Å². The summed E-state index contributed by atoms with van der Waals surface area (Å²) >= 11 is 6.98. The van der Waals surface area contributed by atoms with Crippen LogP contribution in [0.3, 0.4) is 0 Å². The van der Waals surface area contributed by atoms with E-state index in [1.807, 2.05) is 0 Å². The molecule has 1 N–H and O–H groups in total. The summed E-state index contributed by atoms with van der Waals surface area (Å²) in [5.74, 6) is -1.21. The molecule has 18 heavy (non-hydrogen) atoms. The van der Waals surface area contributed by atoms with Crippen LogP contribution in [0.25, 0.3) is 10.4 Å². The average molecular weight is 285 g/mol. The molecule has 92 valence electrons. The Balaban J connectivity index is 2.28. The van der Waals surface area contributed by atoms with Gasteiger partial charge in [0.15, 0.2) is 0 Å². The van der Waals surface area contributed by atoms with Crippen molar-refractivity contribution in [2.75, 3.05) is 0 Å². The van der Waals surface area contributed by atoms with Gasteiger partial charge >= 0.3 is 5.97 Å². The molecule has 2 aromatic rings. The molecule has 0 fully saturated rings. The SMILES string of the molecule is O=C(O)c1cc2c(s1)-c1c(F)ccc(Cl)c1OC2. The summed E-state index contributed by atoms with van der Waals surface area (Å²) in [7, 11) is 0. The minimum absolute atomic E-state index is 0.163. The van der Waals surface area contributed by atoms with Gasteiger partial charge in [-0.3, -0.25) is 0 Å². The molecule has 3 rings (SSSR count). The van der Waals surface area contributed by atoms with Crippen molar-refractivity contribution in [3.05, 3.63) is 39.5 Å². The topological polar surface area (TPSA) is 46.5 Å². The molecule has 3 nitrogen and oxygen atoms in total. The Labute approximate surface area is 110 Å². The third-order valence-electron chi connectivity index (χ3n) is 2.68. The van der Waals surface area contributed by atoms with E-state index in [9.17, 15) is 9.18 Å². The summed E-state index contributed by atoms with van der Waals surface area (Å²) in [6.45, 7) is 0.204. The van der Waals surface area contributed by atoms with E-state index in [2.05, 4.69) is 0 Å². The summed E-state index contributed by atoms with van der Waals surface area (Å²) in [6, 6.07) is 4.18. The summed E-state index contributed by atoms with van der Waals surface area (Å²) < 4.78 is 19.3. The standard InChI is InChI=1S/C12H6ClFO3S/c13-6-1-2-7(14)9-10(6)17-4-5-3-8(12(15)16)18-11(5)9/h1-3H,4H2,(H,15,16). The summed E-state index contributed by atoms with van der Waals surface area (Å²) in [6.07, 6.45) is 0. The van der Waals surface area contributed by atoms with Crippen LogP contribution in [0.5, 0.6) is 5.75 Å². The molecule has 0 saturated heterocycles. The third kappa shape index (κ3) is 1.59. The number of ether oxygens (including phenoxy) is 1. The number of carbonyl (C=O) groups is 1. The van der Waals surface area contributed by atoms with Crippen molar-refractivity contribution in [2.24, 2.45) is 0 Å². The number of carboxylic acid groups (broad SMARTS) is 1. The molecule has 1 aliphatic heterocycles. The fraction of sp³-hybridized carbons (Fsp3) is 0.0833. The van der Waals surface area contributed by atoms with E-state index in [1.54, 1.807) is 0 Å². The zero-order valence-electron chi connectivity index (χ0n) is 8.87. The second kappa shape index (κ2) is 3.96. The van der Waals surface area contributed by atoms with Gasteiger partial charge in [0.25, 0.3) is 0 Å². The van der Waals surface area contributed by atoms with E-state index in [-0.39, 0.29) is 22.8 Å². The Morgan fingerprint density at radius 1 is 1.50 bits per heavy atom. The van der Waals surface area contributed by atoms with Crippen LogP contribution in [0, 0.1) is 5.82 Å². The monoisotopic (exact) mass is 284 g/mol. The van der Waals surface area contributed by atoms with Crippen LogP contribution < -0.4 is 4.74 Å². The first-order valence-electron chi connectivity index (χ1n) is 5.05. The molecule has 0 unspecified atom stereocenters. The van der Waals surface area contributed by atoms with Gasteiger partial charge in [-0.25, -0.2) is 9.18 Å². The molecule has 6 heteroatoms. The summed E-state index contributed by atoms with van der Waals surface area (Å²) in [4.78, 5) is 11.7. The molecule has 0 radical (unpaired) electrons. The maximum atomic E-state index is 13.9. The van der Waals surface area contributed by atoms with E-state index in [1.165, 1.54) is 18.2 Å². The van der Waals surface area contributed by atoms with Crippen LogP contribution in [0.15, 0.2) is 18.2 Å². The predicted octanol–water partition coefficient (Wildman–Crippen LogP) is 3.80. The van der Waals surface area contributed by atoms with Gasteiger partial charge in [-0.1, -0.05) is 11.6 Å². The largest absolute Gasteiger partial charge is 0.486 e. The van der Waals surface area contributed by atoms with Gasteiger partial charge in [-0.15, -0.1) is 11.3 Å². The van der Waals surface area contributed by atoms with Crippen molar-refractivity contribution < 1.29 is 19.0 Å². The second-order valence-electron chi connectivity index (χ2n) is 3.79. The lowest BCUT2D eigenvalue weighted by molar-refractivity contribution is 0.0702. The number of hydrogen-bond acceptors (Lipinski definition) is 3. The van der Waals surface area contributed by atoms with E-state index in [0.29, 0.717) is 15.5 Å². The molecule has 1 aliphatic rings. The zero-order valence-corrected chi connectivity index (χ0v) is 10.4. The molecule has 0 spiro atoms. The van der Waals surface area contributed by atoms with Crippen LogP contribution in [0.1, 0.15) is 15.2 Å². The number of carboxylic acids is 1. The molecule has 0 amide bonds. The number of rotatable bonds is 1. The fourth-order valence-corrected chi connectivity index (χ4v) is 3.15. The van der Waals surface area contributed by atoms with Gasteiger partial charge in [-0.2, -0.15) is 0 Å². The zero-order chi connectivity index (χ0) is 12.9. The maximum Gasteiger partial charge on any atom is 0.345 e. The molecular formula is C12H6ClFO3S. The minimum atomic E-state index is -1.03. The number of aromatic carboxylic acids is 1. The second-order valence-corrected chi connectivity index (χ2v) is 5.25. The van der Waals surface area contributed by atoms with Crippen molar-refractivity contribution in [1.82, 2.24) is 0 Å². The van der Waals surface area contributed by atoms with Gasteiger partial charge in [0, 0.05) is 10.4 Å². The first-order valence-corrected chi connectivity index (χ1v) is 6.24. The Morgan fingerprint density at radius 2 is 2.28 bits per heavy atom. The predicted molar refractivity (Wildman–Crippen MR) is 66.0 cm³/mol. The normalized spacial score (nSPS) is 12.6. The Bertz CT molecular complexity index is 666. The van der Waals surface area contributed by atoms with Gasteiger partial charge in [-0.05, 0) is 18.2 Å². The van der Waals surface area contributed by atoms with Crippen molar-refractivity contribution in [2.45, 2.75) is 6.61 Å². The lowest BCUT2D eigenvalue weighted by Crippen LogP contribution is -2.04. The molecule has 1 aromatic heterocycles. The number of thiophene rings is 1. The van der Waals surface area contributed by atoms with Crippen molar-refractivity contribution >= 4 is 28.9 Å². The van der Waals surface area contributed by atoms with E-state index in [0.717, 1.165) is 11.3 Å². The molecule has 0 saturated carbocycles. The highest BCUT2D eigenvalue weighted by atomic mass is 35.5. The van der Waals surface area contributed by atoms with Crippen LogP contribution in [0.2, 0.25) is 5.02 Å². The minimum Gasteiger partial charge on any atom is -0.486 e. The van der Waals surface area contributed by atoms with Gasteiger partial charge < -0.3 is 9.84 Å². The summed E-state index contributed by atoms with van der Waals surface area (Å²) in [5, 5.41) is 9.28. The first kappa shape index (κ1) is 11.5. The molecular weight excluding hydrogens is 279 g/mol. The molecule has 0 bridgehead atoms. The first-order chi connectivity index (χ1) is 8.58. The van der Waals surface area contributed by atoms with Crippen molar-refractivity contribution in [3.8, 4) is 16.2 Å². The lowest BCUT2D eigenvalue weighted by Gasteiger charge is -2.18. The Morgan fingerprint density at radius 3 is 3.00 bits per heavy atom. The highest BCUT2D eigenvalue weighted by Gasteiger charge is 2.27. The van der Waals surface area contributed by atoms with Crippen molar-refractivity contribution in [1.29, 1.82) is 0 Å². The van der Waals surface area contributed by atoms with Crippen LogP contribution in [-0.4, -0.2) is 11.1 Å². The number of fused-ring (bicyclic) bond motifs is 3. The van der Waals surface area contributed by atoms with E-state index >= 15 is 0 Å².